The van der Waals surface area contributed by atoms with Crippen LogP contribution in [0.5, 0.6) is 0 Å². The Morgan fingerprint density at radius 1 is 1.17 bits per heavy atom. The lowest BCUT2D eigenvalue weighted by Gasteiger charge is -2.35. The number of nitrogens with zero attached hydrogens (tertiary/aromatic N) is 3. The maximum absolute atomic E-state index is 5.80. The Kier molecular flexibility index (Phi) is 3.16. The van der Waals surface area contributed by atoms with Crippen LogP contribution >= 0.6 is 0 Å². The molecule has 1 saturated heterocycles. The van der Waals surface area contributed by atoms with E-state index in [9.17, 15) is 0 Å². The van der Waals surface area contributed by atoms with Crippen molar-refractivity contribution < 1.29 is 4.52 Å². The number of aromatic nitrogens is 3. The minimum Gasteiger partial charge on any atom is -0.338 e. The van der Waals surface area contributed by atoms with Crippen LogP contribution < -0.4 is 5.32 Å². The first-order valence-electron chi connectivity index (χ1n) is 8.77. The van der Waals surface area contributed by atoms with E-state index in [-0.39, 0.29) is 5.41 Å². The third-order valence-electron chi connectivity index (χ3n) is 5.77. The molecule has 5 rings (SSSR count). The summed E-state index contributed by atoms with van der Waals surface area (Å²) >= 11 is 0. The Balaban J connectivity index is 1.60. The molecule has 2 fully saturated rings. The first-order valence-corrected chi connectivity index (χ1v) is 8.77. The van der Waals surface area contributed by atoms with Crippen LogP contribution in [0.3, 0.4) is 0 Å². The predicted molar refractivity (Wildman–Crippen MR) is 91.6 cm³/mol. The minimum absolute atomic E-state index is 0.0373. The highest BCUT2D eigenvalue weighted by Gasteiger charge is 2.49. The van der Waals surface area contributed by atoms with E-state index >= 15 is 0 Å². The van der Waals surface area contributed by atoms with E-state index in [0.29, 0.717) is 11.9 Å². The van der Waals surface area contributed by atoms with Crippen molar-refractivity contribution in [2.45, 2.75) is 43.6 Å². The van der Waals surface area contributed by atoms with Gasteiger partial charge in [-0.1, -0.05) is 36.2 Å². The molecule has 0 bridgehead atoms. The second-order valence-electron chi connectivity index (χ2n) is 6.98. The maximum atomic E-state index is 5.80. The monoisotopic (exact) mass is 320 g/mol. The fourth-order valence-electron chi connectivity index (χ4n) is 4.52. The van der Waals surface area contributed by atoms with Crippen molar-refractivity contribution in [1.29, 1.82) is 0 Å². The van der Waals surface area contributed by atoms with Crippen molar-refractivity contribution in [2.75, 3.05) is 6.54 Å². The van der Waals surface area contributed by atoms with E-state index < -0.39 is 0 Å². The molecule has 3 heterocycles. The molecule has 1 saturated carbocycles. The van der Waals surface area contributed by atoms with E-state index in [2.05, 4.69) is 27.6 Å². The molecule has 2 atom stereocenters. The molecule has 1 N–H and O–H groups in total. The zero-order valence-corrected chi connectivity index (χ0v) is 13.5. The van der Waals surface area contributed by atoms with Gasteiger partial charge in [-0.25, -0.2) is 0 Å². The van der Waals surface area contributed by atoms with E-state index in [4.69, 9.17) is 9.51 Å². The first kappa shape index (κ1) is 14.1. The van der Waals surface area contributed by atoms with Crippen LogP contribution in [0, 0.1) is 0 Å². The molecule has 0 amide bonds. The standard InChI is InChI=1S/C19H20N4O/c1-2-8-19(9-11-21-16(19)6-1)18-22-17(23-24-18)15-5-3-4-13-12-20-10-7-14(13)15/h3-5,7,10,12,16,21H,1-2,6,8-9,11H2/t16-,19+/m0/s1. The van der Waals surface area contributed by atoms with Gasteiger partial charge in [-0.15, -0.1) is 0 Å². The van der Waals surface area contributed by atoms with Crippen molar-refractivity contribution >= 4 is 10.8 Å². The maximum Gasteiger partial charge on any atom is 0.234 e. The lowest BCUT2D eigenvalue weighted by atomic mass is 9.70. The van der Waals surface area contributed by atoms with Crippen LogP contribution in [-0.2, 0) is 5.41 Å². The summed E-state index contributed by atoms with van der Waals surface area (Å²) in [6.07, 6.45) is 9.66. The van der Waals surface area contributed by atoms with Crippen LogP contribution in [0.1, 0.15) is 38.0 Å². The number of fused-ring (bicyclic) bond motifs is 2. The fourth-order valence-corrected chi connectivity index (χ4v) is 4.52. The van der Waals surface area contributed by atoms with E-state index in [1.165, 1.54) is 19.3 Å². The molecular formula is C19H20N4O. The third kappa shape index (κ3) is 2.01. The summed E-state index contributed by atoms with van der Waals surface area (Å²) in [6.45, 7) is 1.04. The van der Waals surface area contributed by atoms with Gasteiger partial charge in [0.15, 0.2) is 0 Å². The quantitative estimate of drug-likeness (QED) is 0.783. The number of hydrogen-bond donors (Lipinski definition) is 1. The van der Waals surface area contributed by atoms with Gasteiger partial charge in [0.2, 0.25) is 11.7 Å². The summed E-state index contributed by atoms with van der Waals surface area (Å²) in [5, 5.41) is 10.2. The predicted octanol–water partition coefficient (Wildman–Crippen LogP) is 3.46. The van der Waals surface area contributed by atoms with Crippen LogP contribution in [-0.4, -0.2) is 27.7 Å². The van der Waals surface area contributed by atoms with Crippen LogP contribution in [0.2, 0.25) is 0 Å². The molecule has 122 valence electrons. The van der Waals surface area contributed by atoms with Gasteiger partial charge in [0.25, 0.3) is 0 Å². The van der Waals surface area contributed by atoms with Gasteiger partial charge < -0.3 is 9.84 Å². The number of pyridine rings is 1. The van der Waals surface area contributed by atoms with Gasteiger partial charge in [-0.2, -0.15) is 4.98 Å². The summed E-state index contributed by atoms with van der Waals surface area (Å²) in [4.78, 5) is 9.05. The second-order valence-corrected chi connectivity index (χ2v) is 6.98. The molecular weight excluding hydrogens is 300 g/mol. The molecule has 2 aromatic heterocycles. The zero-order valence-electron chi connectivity index (χ0n) is 13.5. The van der Waals surface area contributed by atoms with Crippen LogP contribution in [0.15, 0.2) is 41.2 Å². The molecule has 1 aliphatic heterocycles. The van der Waals surface area contributed by atoms with Crippen LogP contribution in [0.25, 0.3) is 22.2 Å². The molecule has 3 aromatic rings. The lowest BCUT2D eigenvalue weighted by molar-refractivity contribution is 0.199. The Morgan fingerprint density at radius 3 is 3.17 bits per heavy atom. The molecule has 0 radical (unpaired) electrons. The number of benzene rings is 1. The SMILES string of the molecule is c1cc(-c2noc([C@@]34CCCC[C@@H]3NCC4)n2)c2ccncc2c1. The van der Waals surface area contributed by atoms with Crippen molar-refractivity contribution in [1.82, 2.24) is 20.4 Å². The summed E-state index contributed by atoms with van der Waals surface area (Å²) in [7, 11) is 0. The summed E-state index contributed by atoms with van der Waals surface area (Å²) in [5.41, 5.74) is 1.05. The largest absolute Gasteiger partial charge is 0.338 e. The molecule has 2 aliphatic rings. The summed E-state index contributed by atoms with van der Waals surface area (Å²) < 4.78 is 5.80. The average molecular weight is 320 g/mol. The Morgan fingerprint density at radius 2 is 2.17 bits per heavy atom. The molecule has 0 unspecified atom stereocenters. The average Bonchev–Trinajstić information content (AvgIpc) is 3.29. The normalized spacial score (nSPS) is 26.6. The summed E-state index contributed by atoms with van der Waals surface area (Å²) in [6, 6.07) is 8.63. The van der Waals surface area contributed by atoms with Gasteiger partial charge in [0.05, 0.1) is 5.41 Å². The Hall–Kier alpha value is -2.27. The highest BCUT2D eigenvalue weighted by Crippen LogP contribution is 2.45. The Bertz CT molecular complexity index is 884. The molecule has 1 aromatic carbocycles. The van der Waals surface area contributed by atoms with E-state index in [1.807, 2.05) is 24.5 Å². The third-order valence-corrected chi connectivity index (χ3v) is 5.77. The van der Waals surface area contributed by atoms with E-state index in [1.54, 1.807) is 0 Å². The van der Waals surface area contributed by atoms with Crippen molar-refractivity contribution in [2.24, 2.45) is 0 Å². The summed E-state index contributed by atoms with van der Waals surface area (Å²) in [5.74, 6) is 1.51. The highest BCUT2D eigenvalue weighted by atomic mass is 16.5. The smallest absolute Gasteiger partial charge is 0.234 e. The zero-order chi connectivity index (χ0) is 16.0. The fraction of sp³-hybridized carbons (Fsp3) is 0.421. The van der Waals surface area contributed by atoms with Gasteiger partial charge in [0.1, 0.15) is 0 Å². The van der Waals surface area contributed by atoms with Gasteiger partial charge in [-0.05, 0) is 37.3 Å². The number of nitrogens with one attached hydrogen (secondary N) is 1. The number of hydrogen-bond acceptors (Lipinski definition) is 5. The minimum atomic E-state index is 0.0373. The molecule has 5 nitrogen and oxygen atoms in total. The second kappa shape index (κ2) is 5.38. The topological polar surface area (TPSA) is 63.8 Å². The van der Waals surface area contributed by atoms with Gasteiger partial charge >= 0.3 is 0 Å². The van der Waals surface area contributed by atoms with Crippen molar-refractivity contribution in [3.8, 4) is 11.4 Å². The Labute approximate surface area is 140 Å². The first-order chi connectivity index (χ1) is 11.9. The lowest BCUT2D eigenvalue weighted by Crippen LogP contribution is -2.43. The van der Waals surface area contributed by atoms with Gasteiger partial charge in [0, 0.05) is 29.4 Å². The number of rotatable bonds is 2. The molecule has 24 heavy (non-hydrogen) atoms. The van der Waals surface area contributed by atoms with Crippen molar-refractivity contribution in [3.05, 3.63) is 42.5 Å². The molecule has 1 aliphatic carbocycles. The van der Waals surface area contributed by atoms with Crippen LogP contribution in [0.4, 0.5) is 0 Å². The van der Waals surface area contributed by atoms with E-state index in [0.717, 1.165) is 41.6 Å². The molecule has 0 spiro atoms. The highest BCUT2D eigenvalue weighted by molar-refractivity contribution is 5.94. The van der Waals surface area contributed by atoms with Gasteiger partial charge in [-0.3, -0.25) is 4.98 Å². The van der Waals surface area contributed by atoms with Crippen molar-refractivity contribution in [3.63, 3.8) is 0 Å². The molecule has 5 heteroatoms.